The van der Waals surface area contributed by atoms with Crippen LogP contribution in [0.4, 0.5) is 5.69 Å². The van der Waals surface area contributed by atoms with Gasteiger partial charge in [-0.25, -0.2) is 0 Å². The Morgan fingerprint density at radius 1 is 1.33 bits per heavy atom. The quantitative estimate of drug-likeness (QED) is 0.906. The zero-order valence-corrected chi connectivity index (χ0v) is 14.6. The Morgan fingerprint density at radius 2 is 2.04 bits per heavy atom. The summed E-state index contributed by atoms with van der Waals surface area (Å²) >= 11 is 0. The molecule has 0 unspecified atom stereocenters. The summed E-state index contributed by atoms with van der Waals surface area (Å²) in [6.45, 7) is 3.86. The molecule has 24 heavy (non-hydrogen) atoms. The van der Waals surface area contributed by atoms with Crippen LogP contribution in [-0.4, -0.2) is 47.2 Å². The maximum Gasteiger partial charge on any atom is 0.261 e. The highest BCUT2D eigenvalue weighted by Crippen LogP contribution is 2.19. The lowest BCUT2D eigenvalue weighted by atomic mass is 10.1. The van der Waals surface area contributed by atoms with Gasteiger partial charge in [0.15, 0.2) is 0 Å². The highest BCUT2D eigenvalue weighted by molar-refractivity contribution is 6.00. The van der Waals surface area contributed by atoms with Crippen molar-refractivity contribution < 1.29 is 14.3 Å². The van der Waals surface area contributed by atoms with Crippen molar-refractivity contribution >= 4 is 17.5 Å². The number of hydrogen-bond acceptors (Lipinski definition) is 4. The molecule has 1 aromatic carbocycles. The highest BCUT2D eigenvalue weighted by atomic mass is 16.5. The van der Waals surface area contributed by atoms with Crippen LogP contribution in [0.3, 0.4) is 0 Å². The van der Waals surface area contributed by atoms with Gasteiger partial charge in [0.1, 0.15) is 5.56 Å². The van der Waals surface area contributed by atoms with Gasteiger partial charge in [-0.15, -0.1) is 5.10 Å². The second kappa shape index (κ2) is 7.16. The van der Waals surface area contributed by atoms with Crippen LogP contribution in [0.1, 0.15) is 21.5 Å². The van der Waals surface area contributed by atoms with E-state index >= 15 is 0 Å². The number of hydrogen-bond donors (Lipinski definition) is 1. The number of ether oxygens (including phenoxy) is 1. The number of aromatic nitrogens is 2. The fraction of sp³-hybridized carbons (Fsp3) is 0.353. The molecule has 1 aromatic heterocycles. The first-order valence-corrected chi connectivity index (χ1v) is 7.52. The number of likely N-dealkylation sites (N-methyl/N-ethyl adjacent to an activating group) is 1. The zero-order valence-electron chi connectivity index (χ0n) is 14.6. The molecule has 0 saturated heterocycles. The number of nitrogens with one attached hydrogen (secondary N) is 1. The molecule has 0 fully saturated rings. The lowest BCUT2D eigenvalue weighted by Crippen LogP contribution is -2.35. The summed E-state index contributed by atoms with van der Waals surface area (Å²) < 4.78 is 6.58. The normalized spacial score (nSPS) is 10.4. The summed E-state index contributed by atoms with van der Waals surface area (Å²) in [6.07, 6.45) is 1.57. The van der Waals surface area contributed by atoms with Crippen LogP contribution in [0.15, 0.2) is 24.4 Å². The van der Waals surface area contributed by atoms with Gasteiger partial charge in [-0.05, 0) is 31.0 Å². The van der Waals surface area contributed by atoms with E-state index in [0.29, 0.717) is 5.56 Å². The summed E-state index contributed by atoms with van der Waals surface area (Å²) in [5.74, 6) is -0.345. The standard InChI is InChI=1S/C17H22N4O3/c1-11-7-6-8-14(12(11)2)18-15(22)10-20(3)17(23)13-9-21(4)19-16(13)24-5/h6-9H,10H2,1-5H3,(H,18,22). The van der Waals surface area contributed by atoms with Crippen LogP contribution in [0.25, 0.3) is 0 Å². The average Bonchev–Trinajstić information content (AvgIpc) is 2.92. The van der Waals surface area contributed by atoms with Crippen molar-refractivity contribution in [1.82, 2.24) is 14.7 Å². The number of rotatable bonds is 5. The predicted octanol–water partition coefficient (Wildman–Crippen LogP) is 1.76. The molecule has 2 amide bonds. The molecule has 2 aromatic rings. The average molecular weight is 330 g/mol. The van der Waals surface area contributed by atoms with Gasteiger partial charge in [0.25, 0.3) is 5.91 Å². The third kappa shape index (κ3) is 3.73. The van der Waals surface area contributed by atoms with Crippen molar-refractivity contribution in [2.45, 2.75) is 13.8 Å². The molecule has 0 radical (unpaired) electrons. The van der Waals surface area contributed by atoms with E-state index in [4.69, 9.17) is 4.74 Å². The van der Waals surface area contributed by atoms with Crippen molar-refractivity contribution in [3.63, 3.8) is 0 Å². The number of methoxy groups -OCH3 is 1. The van der Waals surface area contributed by atoms with Crippen LogP contribution >= 0.6 is 0 Å². The molecule has 1 heterocycles. The molecular weight excluding hydrogens is 308 g/mol. The largest absolute Gasteiger partial charge is 0.479 e. The number of nitrogens with zero attached hydrogens (tertiary/aromatic N) is 3. The number of carbonyl (C=O) groups excluding carboxylic acids is 2. The summed E-state index contributed by atoms with van der Waals surface area (Å²) in [5.41, 5.74) is 3.17. The second-order valence-corrected chi connectivity index (χ2v) is 5.68. The molecule has 7 heteroatoms. The molecule has 0 saturated carbocycles. The van der Waals surface area contributed by atoms with E-state index in [1.807, 2.05) is 32.0 Å². The monoisotopic (exact) mass is 330 g/mol. The summed E-state index contributed by atoms with van der Waals surface area (Å²) in [5, 5.41) is 6.88. The molecule has 0 bridgehead atoms. The van der Waals surface area contributed by atoms with E-state index < -0.39 is 0 Å². The highest BCUT2D eigenvalue weighted by Gasteiger charge is 2.21. The van der Waals surface area contributed by atoms with Gasteiger partial charge >= 0.3 is 0 Å². The topological polar surface area (TPSA) is 76.5 Å². The van der Waals surface area contributed by atoms with Gasteiger partial charge in [-0.1, -0.05) is 12.1 Å². The Kier molecular flexibility index (Phi) is 5.23. The van der Waals surface area contributed by atoms with Gasteiger partial charge in [-0.2, -0.15) is 0 Å². The minimum atomic E-state index is -0.323. The number of benzene rings is 1. The molecule has 0 atom stereocenters. The zero-order chi connectivity index (χ0) is 17.9. The number of aryl methyl sites for hydroxylation is 2. The Morgan fingerprint density at radius 3 is 2.71 bits per heavy atom. The number of anilines is 1. The molecule has 128 valence electrons. The van der Waals surface area contributed by atoms with E-state index in [-0.39, 0.29) is 24.2 Å². The first kappa shape index (κ1) is 17.5. The lowest BCUT2D eigenvalue weighted by molar-refractivity contribution is -0.116. The van der Waals surface area contributed by atoms with Crippen molar-refractivity contribution in [3.8, 4) is 5.88 Å². The molecule has 7 nitrogen and oxygen atoms in total. The van der Waals surface area contributed by atoms with Gasteiger partial charge in [0, 0.05) is 26.0 Å². The van der Waals surface area contributed by atoms with Crippen LogP contribution < -0.4 is 10.1 Å². The summed E-state index contributed by atoms with van der Waals surface area (Å²) in [7, 11) is 4.72. The second-order valence-electron chi connectivity index (χ2n) is 5.68. The molecule has 0 aliphatic carbocycles. The Hall–Kier alpha value is -2.83. The van der Waals surface area contributed by atoms with E-state index in [2.05, 4.69) is 10.4 Å². The number of amides is 2. The SMILES string of the molecule is COc1nn(C)cc1C(=O)N(C)CC(=O)Nc1cccc(C)c1C. The van der Waals surface area contributed by atoms with Crippen molar-refractivity contribution in [3.05, 3.63) is 41.1 Å². The van der Waals surface area contributed by atoms with Gasteiger partial charge in [-0.3, -0.25) is 14.3 Å². The number of carbonyl (C=O) groups is 2. The molecular formula is C17H22N4O3. The Balaban J connectivity index is 2.05. The first-order chi connectivity index (χ1) is 11.3. The molecule has 0 aliphatic heterocycles. The summed E-state index contributed by atoms with van der Waals surface area (Å²) in [6, 6.07) is 5.70. The van der Waals surface area contributed by atoms with Crippen molar-refractivity contribution in [2.24, 2.45) is 7.05 Å². The van der Waals surface area contributed by atoms with E-state index in [1.54, 1.807) is 20.3 Å². The van der Waals surface area contributed by atoms with Crippen LogP contribution in [0, 0.1) is 13.8 Å². The molecule has 0 aliphatic rings. The molecule has 1 N–H and O–H groups in total. The first-order valence-electron chi connectivity index (χ1n) is 7.52. The minimum Gasteiger partial charge on any atom is -0.479 e. The Labute approximate surface area is 141 Å². The van der Waals surface area contributed by atoms with E-state index in [9.17, 15) is 9.59 Å². The van der Waals surface area contributed by atoms with Crippen LogP contribution in [0.2, 0.25) is 0 Å². The minimum absolute atomic E-state index is 0.0652. The predicted molar refractivity (Wildman–Crippen MR) is 91.3 cm³/mol. The van der Waals surface area contributed by atoms with E-state index in [0.717, 1.165) is 16.8 Å². The van der Waals surface area contributed by atoms with Gasteiger partial charge in [0.2, 0.25) is 11.8 Å². The van der Waals surface area contributed by atoms with Gasteiger partial charge < -0.3 is 15.0 Å². The van der Waals surface area contributed by atoms with Gasteiger partial charge in [0.05, 0.1) is 13.7 Å². The molecule has 2 rings (SSSR count). The van der Waals surface area contributed by atoms with Crippen LogP contribution in [-0.2, 0) is 11.8 Å². The fourth-order valence-corrected chi connectivity index (χ4v) is 2.33. The third-order valence-corrected chi connectivity index (χ3v) is 3.82. The maximum atomic E-state index is 12.5. The maximum absolute atomic E-state index is 12.5. The lowest BCUT2D eigenvalue weighted by Gasteiger charge is -2.17. The molecule has 0 spiro atoms. The van der Waals surface area contributed by atoms with Crippen LogP contribution in [0.5, 0.6) is 5.88 Å². The smallest absolute Gasteiger partial charge is 0.261 e. The Bertz CT molecular complexity index is 767. The third-order valence-electron chi connectivity index (χ3n) is 3.82. The van der Waals surface area contributed by atoms with Crippen molar-refractivity contribution in [2.75, 3.05) is 26.0 Å². The van der Waals surface area contributed by atoms with Crippen molar-refractivity contribution in [1.29, 1.82) is 0 Å². The summed E-state index contributed by atoms with van der Waals surface area (Å²) in [4.78, 5) is 26.0. The van der Waals surface area contributed by atoms with E-state index in [1.165, 1.54) is 16.7 Å². The fourth-order valence-electron chi connectivity index (χ4n) is 2.33.